The summed E-state index contributed by atoms with van der Waals surface area (Å²) in [4.78, 5) is 13.6. The van der Waals surface area contributed by atoms with Crippen molar-refractivity contribution >= 4 is 33.0 Å². The van der Waals surface area contributed by atoms with E-state index in [1.165, 1.54) is 24.1 Å². The molecular weight excluding hydrogens is 296 g/mol. The molecule has 0 aliphatic heterocycles. The van der Waals surface area contributed by atoms with Gasteiger partial charge in [-0.05, 0) is 45.6 Å². The van der Waals surface area contributed by atoms with Crippen molar-refractivity contribution < 1.29 is 4.79 Å². The van der Waals surface area contributed by atoms with Crippen LogP contribution in [0.3, 0.4) is 0 Å². The van der Waals surface area contributed by atoms with Crippen molar-refractivity contribution in [2.75, 3.05) is 0 Å². The van der Waals surface area contributed by atoms with Crippen LogP contribution in [0.2, 0.25) is 0 Å². The summed E-state index contributed by atoms with van der Waals surface area (Å²) in [7, 11) is 0. The molecule has 0 amide bonds. The van der Waals surface area contributed by atoms with Crippen molar-refractivity contribution in [1.29, 1.82) is 0 Å². The highest BCUT2D eigenvalue weighted by Crippen LogP contribution is 2.41. The van der Waals surface area contributed by atoms with Gasteiger partial charge < -0.3 is 0 Å². The second-order valence-corrected chi connectivity index (χ2v) is 7.48. The Morgan fingerprint density at radius 3 is 2.88 bits per heavy atom. The van der Waals surface area contributed by atoms with Crippen LogP contribution in [-0.4, -0.2) is 5.78 Å². The van der Waals surface area contributed by atoms with Gasteiger partial charge in [-0.25, -0.2) is 0 Å². The second-order valence-electron chi connectivity index (χ2n) is 5.62. The predicted octanol–water partition coefficient (Wildman–Crippen LogP) is 4.84. The monoisotopic (exact) mass is 314 g/mol. The first kappa shape index (κ1) is 13.3. The maximum Gasteiger partial charge on any atom is 0.141 e. The normalized spacial score (nSPS) is 23.6. The zero-order valence-corrected chi connectivity index (χ0v) is 12.9. The molecule has 0 radical (unpaired) electrons. The molecule has 2 rings (SSSR count). The van der Waals surface area contributed by atoms with E-state index in [-0.39, 0.29) is 11.3 Å². The molecule has 0 saturated heterocycles. The first-order chi connectivity index (χ1) is 8.00. The Morgan fingerprint density at radius 1 is 1.53 bits per heavy atom. The Labute approximate surface area is 116 Å². The summed E-state index contributed by atoms with van der Waals surface area (Å²) in [6, 6.07) is 2.03. The lowest BCUT2D eigenvalue weighted by Crippen LogP contribution is -2.34. The second kappa shape index (κ2) is 5.23. The molecule has 1 aromatic heterocycles. The van der Waals surface area contributed by atoms with E-state index in [0.717, 1.165) is 10.9 Å². The Hall–Kier alpha value is -0.150. The van der Waals surface area contributed by atoms with Crippen LogP contribution >= 0.6 is 27.3 Å². The Morgan fingerprint density at radius 2 is 2.29 bits per heavy atom. The van der Waals surface area contributed by atoms with Crippen LogP contribution in [0, 0.1) is 11.3 Å². The number of hydrogen-bond acceptors (Lipinski definition) is 2. The van der Waals surface area contributed by atoms with Crippen molar-refractivity contribution in [1.82, 2.24) is 0 Å². The lowest BCUT2D eigenvalue weighted by Gasteiger charge is -2.37. The standard InChI is InChI=1S/C14H19BrOS/c1-14(2)7-4-3-5-10(14)12(16)9-13-11(15)6-8-17-13/h6,8,10H,3-5,7,9H2,1-2H3. The van der Waals surface area contributed by atoms with Crippen molar-refractivity contribution in [2.24, 2.45) is 11.3 Å². The van der Waals surface area contributed by atoms with Crippen molar-refractivity contribution in [2.45, 2.75) is 46.0 Å². The largest absolute Gasteiger partial charge is 0.299 e. The summed E-state index contributed by atoms with van der Waals surface area (Å²) < 4.78 is 1.09. The molecule has 0 spiro atoms. The highest BCUT2D eigenvalue weighted by atomic mass is 79.9. The van der Waals surface area contributed by atoms with Gasteiger partial charge in [-0.2, -0.15) is 0 Å². The number of Topliss-reactive ketones (excluding diaryl/α,β-unsaturated/α-hetero) is 1. The zero-order valence-electron chi connectivity index (χ0n) is 10.5. The smallest absolute Gasteiger partial charge is 0.141 e. The molecule has 1 heterocycles. The predicted molar refractivity (Wildman–Crippen MR) is 76.5 cm³/mol. The van der Waals surface area contributed by atoms with Crippen molar-refractivity contribution in [3.63, 3.8) is 0 Å². The van der Waals surface area contributed by atoms with E-state index in [2.05, 4.69) is 29.8 Å². The van der Waals surface area contributed by atoms with Crippen molar-refractivity contribution in [3.05, 3.63) is 20.8 Å². The molecule has 17 heavy (non-hydrogen) atoms. The fourth-order valence-corrected chi connectivity index (χ4v) is 4.33. The van der Waals surface area contributed by atoms with E-state index in [9.17, 15) is 4.79 Å². The minimum Gasteiger partial charge on any atom is -0.299 e. The van der Waals surface area contributed by atoms with Crippen LogP contribution in [0.15, 0.2) is 15.9 Å². The summed E-state index contributed by atoms with van der Waals surface area (Å²) in [6.45, 7) is 4.50. The number of hydrogen-bond donors (Lipinski definition) is 0. The van der Waals surface area contributed by atoms with Gasteiger partial charge in [0.15, 0.2) is 0 Å². The van der Waals surface area contributed by atoms with Gasteiger partial charge in [0, 0.05) is 21.7 Å². The number of carbonyl (C=O) groups is 1. The third-order valence-electron chi connectivity index (χ3n) is 3.92. The summed E-state index contributed by atoms with van der Waals surface area (Å²) in [6.07, 6.45) is 5.36. The molecule has 1 unspecified atom stereocenters. The lowest BCUT2D eigenvalue weighted by molar-refractivity contribution is -0.127. The Kier molecular flexibility index (Phi) is 4.09. The average Bonchev–Trinajstić information content (AvgIpc) is 2.63. The lowest BCUT2D eigenvalue weighted by atomic mass is 9.67. The van der Waals surface area contributed by atoms with Gasteiger partial charge in [0.1, 0.15) is 5.78 Å². The van der Waals surface area contributed by atoms with Gasteiger partial charge in [0.05, 0.1) is 0 Å². The number of thiophene rings is 1. The third-order valence-corrected chi connectivity index (χ3v) is 5.85. The van der Waals surface area contributed by atoms with Crippen LogP contribution in [0.1, 0.15) is 44.4 Å². The molecule has 3 heteroatoms. The summed E-state index contributed by atoms with van der Waals surface area (Å²) in [5, 5.41) is 2.04. The summed E-state index contributed by atoms with van der Waals surface area (Å²) >= 11 is 5.18. The molecule has 1 atom stereocenters. The van der Waals surface area contributed by atoms with Gasteiger partial charge in [0.25, 0.3) is 0 Å². The molecular formula is C14H19BrOS. The van der Waals surface area contributed by atoms with Crippen molar-refractivity contribution in [3.8, 4) is 0 Å². The number of rotatable bonds is 3. The SMILES string of the molecule is CC1(C)CCCCC1C(=O)Cc1sccc1Br. The molecule has 0 N–H and O–H groups in total. The fourth-order valence-electron chi connectivity index (χ4n) is 2.82. The van der Waals surface area contributed by atoms with Gasteiger partial charge in [-0.3, -0.25) is 4.79 Å². The number of ketones is 1. The molecule has 1 aromatic rings. The number of carbonyl (C=O) groups excluding carboxylic acids is 1. The summed E-state index contributed by atoms with van der Waals surface area (Å²) in [5.74, 6) is 0.683. The molecule has 0 aromatic carbocycles. The van der Waals surface area contributed by atoms with E-state index < -0.39 is 0 Å². The molecule has 1 aliphatic rings. The molecule has 1 fully saturated rings. The third kappa shape index (κ3) is 3.00. The highest BCUT2D eigenvalue weighted by molar-refractivity contribution is 9.10. The molecule has 1 saturated carbocycles. The minimum absolute atomic E-state index is 0.194. The van der Waals surface area contributed by atoms with E-state index in [1.54, 1.807) is 11.3 Å². The van der Waals surface area contributed by atoms with E-state index >= 15 is 0 Å². The number of halogens is 1. The Balaban J connectivity index is 2.07. The summed E-state index contributed by atoms with van der Waals surface area (Å²) in [5.41, 5.74) is 0.194. The van der Waals surface area contributed by atoms with Crippen LogP contribution in [0.5, 0.6) is 0 Å². The van der Waals surface area contributed by atoms with Gasteiger partial charge >= 0.3 is 0 Å². The van der Waals surface area contributed by atoms with Crippen LogP contribution < -0.4 is 0 Å². The van der Waals surface area contributed by atoms with Crippen LogP contribution in [0.4, 0.5) is 0 Å². The van der Waals surface area contributed by atoms with E-state index in [0.29, 0.717) is 12.2 Å². The molecule has 1 aliphatic carbocycles. The van der Waals surface area contributed by atoms with E-state index in [1.807, 2.05) is 11.4 Å². The molecule has 1 nitrogen and oxygen atoms in total. The maximum atomic E-state index is 12.4. The fraction of sp³-hybridized carbons (Fsp3) is 0.643. The van der Waals surface area contributed by atoms with Crippen LogP contribution in [-0.2, 0) is 11.2 Å². The Bertz CT molecular complexity index is 408. The molecule has 0 bridgehead atoms. The first-order valence-corrected chi connectivity index (χ1v) is 7.92. The minimum atomic E-state index is 0.194. The van der Waals surface area contributed by atoms with E-state index in [4.69, 9.17) is 0 Å². The van der Waals surface area contributed by atoms with Gasteiger partial charge in [-0.15, -0.1) is 11.3 Å². The van der Waals surface area contributed by atoms with Gasteiger partial charge in [-0.1, -0.05) is 26.7 Å². The first-order valence-electron chi connectivity index (χ1n) is 6.25. The average molecular weight is 315 g/mol. The quantitative estimate of drug-likeness (QED) is 0.780. The topological polar surface area (TPSA) is 17.1 Å². The van der Waals surface area contributed by atoms with Gasteiger partial charge in [0.2, 0.25) is 0 Å². The molecule has 94 valence electrons. The zero-order chi connectivity index (χ0) is 12.5. The highest BCUT2D eigenvalue weighted by Gasteiger charge is 2.36. The van der Waals surface area contributed by atoms with Crippen LogP contribution in [0.25, 0.3) is 0 Å². The maximum absolute atomic E-state index is 12.4.